The van der Waals surface area contributed by atoms with E-state index in [1.165, 1.54) is 32.2 Å². The molecule has 1 heterocycles. The van der Waals surface area contributed by atoms with Gasteiger partial charge in [-0.15, -0.1) is 0 Å². The predicted octanol–water partition coefficient (Wildman–Crippen LogP) is 5.44. The topological polar surface area (TPSA) is 90.0 Å². The molecule has 0 spiro atoms. The molecule has 0 aliphatic carbocycles. The number of fused-ring (bicyclic) bond motifs is 1. The summed E-state index contributed by atoms with van der Waals surface area (Å²) in [6, 6.07) is 11.9. The third kappa shape index (κ3) is 4.84. The van der Waals surface area contributed by atoms with Crippen molar-refractivity contribution in [2.24, 2.45) is 0 Å². The first-order valence-corrected chi connectivity index (χ1v) is 13.2. The Labute approximate surface area is 217 Å². The lowest BCUT2D eigenvalue weighted by Gasteiger charge is -2.19. The van der Waals surface area contributed by atoms with Gasteiger partial charge >= 0.3 is 0 Å². The monoisotopic (exact) mass is 551 g/mol. The van der Waals surface area contributed by atoms with Crippen molar-refractivity contribution in [3.63, 3.8) is 0 Å². The third-order valence-electron chi connectivity index (χ3n) is 5.56. The molecule has 36 heavy (non-hydrogen) atoms. The number of hydrogen-bond donors (Lipinski definition) is 0. The van der Waals surface area contributed by atoms with Crippen LogP contribution in [-0.2, 0) is 14.3 Å². The third-order valence-corrected chi connectivity index (χ3v) is 6.87. The van der Waals surface area contributed by atoms with Gasteiger partial charge in [-0.1, -0.05) is 41.4 Å². The molecule has 188 valence electrons. The second-order valence-electron chi connectivity index (χ2n) is 8.19. The van der Waals surface area contributed by atoms with Gasteiger partial charge in [0.1, 0.15) is 11.6 Å². The molecule has 0 saturated carbocycles. The second-order valence-corrected chi connectivity index (χ2v) is 10.6. The molecule has 0 saturated heterocycles. The van der Waals surface area contributed by atoms with Crippen molar-refractivity contribution < 1.29 is 31.3 Å². The van der Waals surface area contributed by atoms with Crippen LogP contribution < -0.4 is 4.74 Å². The van der Waals surface area contributed by atoms with E-state index in [2.05, 4.69) is 0 Å². The number of hydrogen-bond acceptors (Lipinski definition) is 6. The molecular weight excluding hydrogens is 532 g/mol. The Balaban J connectivity index is 1.86. The Morgan fingerprint density at radius 1 is 0.917 bits per heavy atom. The first kappa shape index (κ1) is 26.1. The smallest absolute Gasteiger partial charge is 0.264 e. The van der Waals surface area contributed by atoms with E-state index in [0.29, 0.717) is 5.56 Å². The summed E-state index contributed by atoms with van der Waals surface area (Å²) < 4.78 is 48.4. The highest BCUT2D eigenvalue weighted by Gasteiger charge is 2.39. The van der Waals surface area contributed by atoms with Crippen molar-refractivity contribution >= 4 is 45.1 Å². The zero-order chi connectivity index (χ0) is 26.4. The van der Waals surface area contributed by atoms with Crippen LogP contribution in [0.15, 0.2) is 48.5 Å². The summed E-state index contributed by atoms with van der Waals surface area (Å²) in [7, 11) is -2.41. The van der Waals surface area contributed by atoms with Gasteiger partial charge in [-0.25, -0.2) is 4.39 Å². The van der Waals surface area contributed by atoms with Crippen LogP contribution in [0.3, 0.4) is 0 Å². The minimum Gasteiger partial charge on any atom is -0.495 e. The summed E-state index contributed by atoms with van der Waals surface area (Å²) >= 11 is 12.7. The molecular formula is C25H20Cl2FNO6S. The van der Waals surface area contributed by atoms with Crippen LogP contribution in [-0.4, -0.2) is 51.1 Å². The zero-order valence-corrected chi connectivity index (χ0v) is 21.7. The van der Waals surface area contributed by atoms with Gasteiger partial charge in [-0.05, 0) is 42.8 Å². The van der Waals surface area contributed by atoms with Crippen LogP contribution >= 0.6 is 23.2 Å². The molecule has 3 aromatic rings. The molecule has 4 rings (SSSR count). The Morgan fingerprint density at radius 2 is 1.50 bits per heavy atom. The number of ether oxygens (including phenoxy) is 1. The maximum absolute atomic E-state index is 14.9. The Bertz CT molecular complexity index is 1490. The maximum atomic E-state index is 14.9. The van der Waals surface area contributed by atoms with Crippen LogP contribution in [0.5, 0.6) is 5.75 Å². The predicted molar refractivity (Wildman–Crippen MR) is 135 cm³/mol. The van der Waals surface area contributed by atoms with E-state index in [1.807, 2.05) is 0 Å². The van der Waals surface area contributed by atoms with Crippen molar-refractivity contribution in [1.82, 2.24) is 4.90 Å². The minimum atomic E-state index is -3.80. The summed E-state index contributed by atoms with van der Waals surface area (Å²) in [6.07, 6.45) is -0.0911. The molecule has 0 bridgehead atoms. The first-order chi connectivity index (χ1) is 16.9. The lowest BCUT2D eigenvalue weighted by Crippen LogP contribution is -2.37. The molecule has 7 nitrogen and oxygen atoms in total. The van der Waals surface area contributed by atoms with Gasteiger partial charge in [0.05, 0.1) is 47.2 Å². The van der Waals surface area contributed by atoms with Crippen LogP contribution in [0.1, 0.15) is 27.6 Å². The van der Waals surface area contributed by atoms with E-state index in [-0.39, 0.29) is 50.2 Å². The summed E-state index contributed by atoms with van der Waals surface area (Å²) in [4.78, 5) is 27.3. The molecule has 0 N–H and O–H groups in total. The number of methoxy groups -OCH3 is 1. The first-order valence-electron chi connectivity index (χ1n) is 10.6. The molecule has 1 atom stereocenters. The van der Waals surface area contributed by atoms with Gasteiger partial charge in [0.2, 0.25) is 0 Å². The Hall–Kier alpha value is -2.98. The Kier molecular flexibility index (Phi) is 7.12. The van der Waals surface area contributed by atoms with E-state index in [0.717, 1.165) is 11.2 Å². The van der Waals surface area contributed by atoms with Gasteiger partial charge in [0.15, 0.2) is 0 Å². The highest BCUT2D eigenvalue weighted by Crippen LogP contribution is 2.46. The molecule has 2 amide bonds. The quantitative estimate of drug-likeness (QED) is 0.287. The number of amides is 2. The molecule has 0 aromatic heterocycles. The van der Waals surface area contributed by atoms with E-state index in [9.17, 15) is 22.4 Å². The average molecular weight is 552 g/mol. The average Bonchev–Trinajstić information content (AvgIpc) is 3.02. The van der Waals surface area contributed by atoms with Crippen molar-refractivity contribution in [1.29, 1.82) is 0 Å². The second kappa shape index (κ2) is 9.82. The lowest BCUT2D eigenvalue weighted by molar-refractivity contribution is 0.0588. The van der Waals surface area contributed by atoms with Crippen molar-refractivity contribution in [3.8, 4) is 28.0 Å². The SMILES string of the molecule is COc1c(-c2cccc3c2C(=O)N(C[C@H](C)OS(C)(=O)=O)C3=O)cc(F)cc1-c1c(Cl)cccc1Cl. The van der Waals surface area contributed by atoms with Gasteiger partial charge < -0.3 is 4.74 Å². The number of halogens is 3. The zero-order valence-electron chi connectivity index (χ0n) is 19.3. The van der Waals surface area contributed by atoms with E-state index in [1.54, 1.807) is 30.3 Å². The molecule has 11 heteroatoms. The normalized spacial score (nSPS) is 14.2. The van der Waals surface area contributed by atoms with Gasteiger partial charge in [-0.3, -0.25) is 18.7 Å². The number of carbonyl (C=O) groups is 2. The highest BCUT2D eigenvalue weighted by molar-refractivity contribution is 7.86. The van der Waals surface area contributed by atoms with Crippen LogP contribution in [0.25, 0.3) is 22.3 Å². The van der Waals surface area contributed by atoms with Crippen molar-refractivity contribution in [3.05, 3.63) is 75.5 Å². The van der Waals surface area contributed by atoms with Crippen molar-refractivity contribution in [2.45, 2.75) is 13.0 Å². The summed E-state index contributed by atoms with van der Waals surface area (Å²) in [5.41, 5.74) is 1.21. The standard InChI is InChI=1S/C25H20Cl2FNO6S/c1-13(35-36(3,32)33)12-29-24(30)16-7-4-6-15(21(16)25(29)31)17-10-14(28)11-18(23(17)34-2)22-19(26)8-5-9-20(22)27/h4-11,13H,12H2,1-3H3/t13-/m0/s1. The number of nitrogens with zero attached hydrogens (tertiary/aromatic N) is 1. The van der Waals surface area contributed by atoms with Crippen LogP contribution in [0.2, 0.25) is 10.0 Å². The van der Waals surface area contributed by atoms with Crippen LogP contribution in [0.4, 0.5) is 4.39 Å². The fraction of sp³-hybridized carbons (Fsp3) is 0.200. The van der Waals surface area contributed by atoms with E-state index >= 15 is 0 Å². The summed E-state index contributed by atoms with van der Waals surface area (Å²) in [5, 5.41) is 0.542. The molecule has 0 radical (unpaired) electrons. The molecule has 1 aliphatic heterocycles. The molecule has 1 aliphatic rings. The number of carbonyl (C=O) groups excluding carboxylic acids is 2. The highest BCUT2D eigenvalue weighted by atomic mass is 35.5. The fourth-order valence-electron chi connectivity index (χ4n) is 4.26. The summed E-state index contributed by atoms with van der Waals surface area (Å²) in [5.74, 6) is -1.73. The van der Waals surface area contributed by atoms with Gasteiger partial charge in [0, 0.05) is 16.7 Å². The van der Waals surface area contributed by atoms with E-state index < -0.39 is 33.9 Å². The number of rotatable bonds is 7. The Morgan fingerprint density at radius 3 is 2.11 bits per heavy atom. The number of imide groups is 1. The van der Waals surface area contributed by atoms with Gasteiger partial charge in [-0.2, -0.15) is 8.42 Å². The van der Waals surface area contributed by atoms with Crippen molar-refractivity contribution in [2.75, 3.05) is 19.9 Å². The molecule has 0 unspecified atom stereocenters. The fourth-order valence-corrected chi connectivity index (χ4v) is 5.52. The molecule has 3 aromatic carbocycles. The largest absolute Gasteiger partial charge is 0.495 e. The minimum absolute atomic E-state index is 0.0363. The van der Waals surface area contributed by atoms with E-state index in [4.69, 9.17) is 32.1 Å². The number of benzene rings is 3. The van der Waals surface area contributed by atoms with Gasteiger partial charge in [0.25, 0.3) is 21.9 Å². The molecule has 0 fully saturated rings. The maximum Gasteiger partial charge on any atom is 0.264 e. The van der Waals surface area contributed by atoms with Crippen LogP contribution in [0, 0.1) is 5.82 Å². The lowest BCUT2D eigenvalue weighted by atomic mass is 9.92. The summed E-state index contributed by atoms with van der Waals surface area (Å²) in [6.45, 7) is 1.14.